The number of pyridine rings is 1. The molecule has 4 bridgehead atoms. The van der Waals surface area contributed by atoms with Gasteiger partial charge in [-0.1, -0.05) is 66.5 Å². The maximum atomic E-state index is 6.38. The Bertz CT molecular complexity index is 2140. The Labute approximate surface area is 295 Å². The number of hydrogen-bond acceptors (Lipinski definition) is 4. The van der Waals surface area contributed by atoms with Crippen molar-refractivity contribution in [2.75, 3.05) is 4.90 Å². The van der Waals surface area contributed by atoms with Gasteiger partial charge in [0.1, 0.15) is 5.82 Å². The zero-order valence-electron chi connectivity index (χ0n) is 26.4. The number of nitrogens with zero attached hydrogens (tertiary/aromatic N) is 3. The van der Waals surface area contributed by atoms with Crippen LogP contribution in [0.2, 0.25) is 0 Å². The SMILES string of the molecule is [Pt].[c-]1c(Oc2[c-]c3c(cc2)c2ccccc2n3-c2cc(C3(c4ccccc4)C4CC5CC(C4)CC3C5)ccn2)cccc1N1C=CO[CH-]1. The molecule has 6 aromatic rings. The van der Waals surface area contributed by atoms with Crippen molar-refractivity contribution in [1.29, 1.82) is 0 Å². The van der Waals surface area contributed by atoms with Crippen LogP contribution in [-0.4, -0.2) is 9.55 Å². The van der Waals surface area contributed by atoms with Gasteiger partial charge in [-0.25, -0.2) is 4.98 Å². The average molecular weight is 808 g/mol. The van der Waals surface area contributed by atoms with Crippen LogP contribution in [0.1, 0.15) is 43.2 Å². The van der Waals surface area contributed by atoms with E-state index in [9.17, 15) is 0 Å². The van der Waals surface area contributed by atoms with Crippen molar-refractivity contribution in [1.82, 2.24) is 9.55 Å². The fourth-order valence-corrected chi connectivity index (χ4v) is 9.86. The van der Waals surface area contributed by atoms with Gasteiger partial charge in [-0.15, -0.1) is 35.7 Å². The Balaban J connectivity index is 0.00000314. The molecule has 4 aromatic carbocycles. The minimum absolute atomic E-state index is 0. The van der Waals surface area contributed by atoms with Crippen molar-refractivity contribution in [3.63, 3.8) is 0 Å². The first-order valence-corrected chi connectivity index (χ1v) is 16.9. The molecular weight excluding hydrogens is 774 g/mol. The van der Waals surface area contributed by atoms with Gasteiger partial charge in [0.25, 0.3) is 0 Å². The smallest absolute Gasteiger partial charge is 0.135 e. The summed E-state index contributed by atoms with van der Waals surface area (Å²) < 4.78 is 13.9. The average Bonchev–Trinajstić information content (AvgIpc) is 3.76. The number of fused-ring (bicyclic) bond motifs is 3. The van der Waals surface area contributed by atoms with E-state index in [-0.39, 0.29) is 26.5 Å². The van der Waals surface area contributed by atoms with Crippen LogP contribution in [0.5, 0.6) is 11.5 Å². The van der Waals surface area contributed by atoms with Crippen LogP contribution in [-0.2, 0) is 31.2 Å². The molecule has 3 heterocycles. The molecule has 0 unspecified atom stereocenters. The van der Waals surface area contributed by atoms with Crippen molar-refractivity contribution >= 4 is 27.5 Å². The molecule has 4 saturated carbocycles. The van der Waals surface area contributed by atoms with Crippen molar-refractivity contribution in [3.8, 4) is 17.3 Å². The van der Waals surface area contributed by atoms with Crippen LogP contribution >= 0.6 is 0 Å². The van der Waals surface area contributed by atoms with E-state index in [1.807, 2.05) is 41.6 Å². The second-order valence-corrected chi connectivity index (χ2v) is 13.8. The molecule has 2 aromatic heterocycles. The van der Waals surface area contributed by atoms with E-state index >= 15 is 0 Å². The van der Waals surface area contributed by atoms with E-state index in [4.69, 9.17) is 14.5 Å². The van der Waals surface area contributed by atoms with Crippen molar-refractivity contribution in [2.24, 2.45) is 23.7 Å². The van der Waals surface area contributed by atoms with Gasteiger partial charge in [-0.05, 0) is 90.5 Å². The van der Waals surface area contributed by atoms with Crippen LogP contribution < -0.4 is 9.64 Å². The third-order valence-corrected chi connectivity index (χ3v) is 11.4. The molecule has 0 spiro atoms. The number of hydrogen-bond donors (Lipinski definition) is 0. The first kappa shape index (κ1) is 29.8. The van der Waals surface area contributed by atoms with Crippen LogP contribution in [0.25, 0.3) is 27.6 Å². The van der Waals surface area contributed by atoms with E-state index in [2.05, 4.69) is 89.5 Å². The summed E-state index contributed by atoms with van der Waals surface area (Å²) in [4.78, 5) is 6.92. The Morgan fingerprint density at radius 3 is 2.31 bits per heavy atom. The maximum Gasteiger partial charge on any atom is 0.135 e. The summed E-state index contributed by atoms with van der Waals surface area (Å²) in [7, 11) is 0. The molecule has 0 amide bonds. The monoisotopic (exact) mass is 807 g/mol. The zero-order chi connectivity index (χ0) is 31.0. The van der Waals surface area contributed by atoms with Crippen molar-refractivity contribution in [2.45, 2.75) is 37.5 Å². The van der Waals surface area contributed by atoms with Gasteiger partial charge in [0.15, 0.2) is 0 Å². The first-order chi connectivity index (χ1) is 23.2. The number of anilines is 1. The van der Waals surface area contributed by atoms with Gasteiger partial charge in [0.05, 0.1) is 6.26 Å². The van der Waals surface area contributed by atoms with Crippen molar-refractivity contribution in [3.05, 3.63) is 146 Å². The fraction of sp³-hybridized carbons (Fsp3) is 0.238. The number of aromatic nitrogens is 2. The number of ether oxygens (including phenoxy) is 2. The summed E-state index contributed by atoms with van der Waals surface area (Å²) in [5.74, 6) is 5.26. The molecule has 5 nitrogen and oxygen atoms in total. The van der Waals surface area contributed by atoms with E-state index < -0.39 is 0 Å². The summed E-state index contributed by atoms with van der Waals surface area (Å²) in [5.41, 5.74) is 5.80. The van der Waals surface area contributed by atoms with Gasteiger partial charge >= 0.3 is 0 Å². The van der Waals surface area contributed by atoms with Gasteiger partial charge in [-0.2, -0.15) is 12.1 Å². The van der Waals surface area contributed by atoms with Crippen molar-refractivity contribution < 1.29 is 30.5 Å². The zero-order valence-corrected chi connectivity index (χ0v) is 28.6. The summed E-state index contributed by atoms with van der Waals surface area (Å²) in [6.45, 7) is 1.64. The van der Waals surface area contributed by atoms with Gasteiger partial charge in [-0.3, -0.25) is 0 Å². The van der Waals surface area contributed by atoms with Gasteiger partial charge in [0, 0.05) is 55.9 Å². The fourth-order valence-electron chi connectivity index (χ4n) is 9.86. The summed E-state index contributed by atoms with van der Waals surface area (Å²) >= 11 is 0. The van der Waals surface area contributed by atoms with Gasteiger partial charge in [0.2, 0.25) is 0 Å². The molecule has 1 aliphatic heterocycles. The number of benzene rings is 4. The third kappa shape index (κ3) is 4.58. The van der Waals surface area contributed by atoms with Crippen LogP contribution in [0, 0.1) is 42.5 Å². The van der Waals surface area contributed by atoms with E-state index in [0.29, 0.717) is 23.3 Å². The molecule has 4 fully saturated rings. The summed E-state index contributed by atoms with van der Waals surface area (Å²) in [6.07, 6.45) is 12.3. The largest absolute Gasteiger partial charge is 0.646 e. The second kappa shape index (κ2) is 11.7. The van der Waals surface area contributed by atoms with E-state index in [0.717, 1.165) is 39.8 Å². The predicted molar refractivity (Wildman–Crippen MR) is 184 cm³/mol. The molecule has 11 rings (SSSR count). The normalized spacial score (nSPS) is 25.4. The second-order valence-electron chi connectivity index (χ2n) is 13.8. The Morgan fingerprint density at radius 1 is 0.750 bits per heavy atom. The Kier molecular flexibility index (Phi) is 7.24. The Hall–Kier alpha value is -4.34. The minimum Gasteiger partial charge on any atom is -0.646 e. The van der Waals surface area contributed by atoms with E-state index in [1.165, 1.54) is 48.6 Å². The first-order valence-electron chi connectivity index (χ1n) is 16.9. The summed E-state index contributed by atoms with van der Waals surface area (Å²) in [6, 6.07) is 41.6. The third-order valence-electron chi connectivity index (χ3n) is 11.4. The molecule has 0 saturated heterocycles. The topological polar surface area (TPSA) is 39.5 Å². The van der Waals surface area contributed by atoms with Gasteiger partial charge < -0.3 is 18.9 Å². The molecule has 6 heteroatoms. The standard InChI is InChI=1S/C42H34N3O2.Pt/c1-2-7-30(8-3-1)42(32-20-28-19-29(22-32)23-33(42)21-28)31-15-16-43-41(24-31)45-39-12-5-4-11-37(39)38-14-13-36(26-40(38)45)47-35-10-6-9-34(25-35)44-17-18-46-27-44;/h1-18,24,27-29,32-33H,19-23H2;/q-3;. The number of rotatable bonds is 6. The molecule has 4 aliphatic carbocycles. The molecule has 0 N–H and O–H groups in total. The minimum atomic E-state index is 0. The molecule has 0 radical (unpaired) electrons. The van der Waals surface area contributed by atoms with E-state index in [1.54, 1.807) is 13.0 Å². The quantitative estimate of drug-likeness (QED) is 0.157. The predicted octanol–water partition coefficient (Wildman–Crippen LogP) is 9.74. The van der Waals surface area contributed by atoms with Crippen LogP contribution in [0.3, 0.4) is 0 Å². The molecule has 0 atom stereocenters. The van der Waals surface area contributed by atoms with Crippen LogP contribution in [0.15, 0.2) is 116 Å². The summed E-state index contributed by atoms with van der Waals surface area (Å²) in [5, 5.41) is 2.30. The molecule has 5 aliphatic rings. The molecule has 242 valence electrons. The molecule has 48 heavy (non-hydrogen) atoms. The Morgan fingerprint density at radius 2 is 1.52 bits per heavy atom. The maximum absolute atomic E-state index is 6.38. The number of para-hydroxylation sites is 1. The van der Waals surface area contributed by atoms with Crippen LogP contribution in [0.4, 0.5) is 5.69 Å². The molecular formula is C42H34N3O2Pt-3.